The van der Waals surface area contributed by atoms with Gasteiger partial charge in [0.1, 0.15) is 26.4 Å². The monoisotopic (exact) mass is 552 g/mol. The predicted molar refractivity (Wildman–Crippen MR) is 159 cm³/mol. The lowest BCUT2D eigenvalue weighted by atomic mass is 9.98. The SMILES string of the molecule is CCC.O=C(CO)OCC1c2ccccc2-c2ccccc21.O=C(CO)OCC1c2ccccc2-c2ccccc21. The van der Waals surface area contributed by atoms with Crippen molar-refractivity contribution in [3.8, 4) is 22.3 Å². The molecule has 0 saturated heterocycles. The molecule has 4 aromatic rings. The number of carbonyl (C=O) groups excluding carboxylic acids is 2. The fourth-order valence-electron chi connectivity index (χ4n) is 5.32. The van der Waals surface area contributed by atoms with Gasteiger partial charge in [-0.25, -0.2) is 9.59 Å². The number of carbonyl (C=O) groups is 2. The van der Waals surface area contributed by atoms with E-state index in [1.165, 1.54) is 50.9 Å². The highest BCUT2D eigenvalue weighted by Crippen LogP contribution is 2.45. The molecule has 0 bridgehead atoms. The summed E-state index contributed by atoms with van der Waals surface area (Å²) >= 11 is 0. The first-order valence-electron chi connectivity index (χ1n) is 13.9. The predicted octanol–water partition coefficient (Wildman–Crippen LogP) is 6.09. The van der Waals surface area contributed by atoms with E-state index in [1.54, 1.807) is 0 Å². The van der Waals surface area contributed by atoms with Crippen molar-refractivity contribution in [1.29, 1.82) is 0 Å². The van der Waals surface area contributed by atoms with Crippen LogP contribution in [0.5, 0.6) is 0 Å². The Balaban J connectivity index is 0.000000173. The van der Waals surface area contributed by atoms with Crippen LogP contribution >= 0.6 is 0 Å². The van der Waals surface area contributed by atoms with Gasteiger partial charge in [0, 0.05) is 11.8 Å². The van der Waals surface area contributed by atoms with Crippen molar-refractivity contribution in [2.75, 3.05) is 26.4 Å². The molecule has 0 atom stereocenters. The Morgan fingerprint density at radius 3 is 1.02 bits per heavy atom. The van der Waals surface area contributed by atoms with E-state index in [9.17, 15) is 9.59 Å². The lowest BCUT2D eigenvalue weighted by molar-refractivity contribution is -0.147. The summed E-state index contributed by atoms with van der Waals surface area (Å²) < 4.78 is 10.2. The van der Waals surface area contributed by atoms with Crippen LogP contribution in [0.25, 0.3) is 22.3 Å². The maximum Gasteiger partial charge on any atom is 0.331 e. The third-order valence-electron chi connectivity index (χ3n) is 7.01. The molecule has 6 nitrogen and oxygen atoms in total. The highest BCUT2D eigenvalue weighted by atomic mass is 16.5. The van der Waals surface area contributed by atoms with Crippen LogP contribution < -0.4 is 0 Å². The van der Waals surface area contributed by atoms with Crippen LogP contribution in [0.1, 0.15) is 54.4 Å². The minimum atomic E-state index is -0.582. The van der Waals surface area contributed by atoms with Crippen molar-refractivity contribution in [1.82, 2.24) is 0 Å². The number of aliphatic hydroxyl groups excluding tert-OH is 2. The zero-order chi connectivity index (χ0) is 29.2. The fraction of sp³-hybridized carbons (Fsp3) is 0.257. The first kappa shape index (κ1) is 29.7. The molecule has 4 aromatic carbocycles. The van der Waals surface area contributed by atoms with Gasteiger partial charge in [-0.05, 0) is 44.5 Å². The molecule has 2 aliphatic carbocycles. The summed E-state index contributed by atoms with van der Waals surface area (Å²) in [6.45, 7) is 3.65. The summed E-state index contributed by atoms with van der Waals surface area (Å²) in [7, 11) is 0. The van der Waals surface area contributed by atoms with Crippen molar-refractivity contribution < 1.29 is 29.3 Å². The highest BCUT2D eigenvalue weighted by Gasteiger charge is 2.30. The summed E-state index contributed by atoms with van der Waals surface area (Å²) in [5.74, 6) is -1.05. The van der Waals surface area contributed by atoms with Gasteiger partial charge in [0.25, 0.3) is 0 Å². The van der Waals surface area contributed by atoms with E-state index in [1.807, 2.05) is 48.5 Å². The zero-order valence-corrected chi connectivity index (χ0v) is 23.5. The molecule has 0 radical (unpaired) electrons. The minimum absolute atomic E-state index is 0.0582. The molecule has 6 heteroatoms. The smallest absolute Gasteiger partial charge is 0.331 e. The van der Waals surface area contributed by atoms with E-state index in [0.717, 1.165) is 0 Å². The largest absolute Gasteiger partial charge is 0.463 e. The second-order valence-electron chi connectivity index (χ2n) is 9.84. The molecule has 0 aliphatic heterocycles. The second kappa shape index (κ2) is 14.4. The Kier molecular flexibility index (Phi) is 10.4. The molecule has 6 rings (SSSR count). The molecule has 0 spiro atoms. The van der Waals surface area contributed by atoms with Gasteiger partial charge in [-0.3, -0.25) is 0 Å². The summed E-state index contributed by atoms with van der Waals surface area (Å²) in [5.41, 5.74) is 9.49. The number of aliphatic hydroxyl groups is 2. The van der Waals surface area contributed by atoms with Crippen LogP contribution in [-0.2, 0) is 19.1 Å². The van der Waals surface area contributed by atoms with Gasteiger partial charge in [0.2, 0.25) is 0 Å². The molecule has 0 aromatic heterocycles. The first-order chi connectivity index (χ1) is 20.0. The summed E-state index contributed by atoms with van der Waals surface area (Å²) in [6, 6.07) is 32.6. The molecule has 0 fully saturated rings. The summed E-state index contributed by atoms with van der Waals surface area (Å²) in [4.78, 5) is 22.2. The third-order valence-corrected chi connectivity index (χ3v) is 7.01. The topological polar surface area (TPSA) is 93.1 Å². The molecule has 2 aliphatic rings. The highest BCUT2D eigenvalue weighted by molar-refractivity contribution is 5.80. The second-order valence-corrected chi connectivity index (χ2v) is 9.84. The Morgan fingerprint density at radius 2 is 0.780 bits per heavy atom. The molecule has 212 valence electrons. The summed E-state index contributed by atoms with van der Waals surface area (Å²) in [5, 5.41) is 17.4. The molecular formula is C35H36O6. The van der Waals surface area contributed by atoms with Gasteiger partial charge in [-0.2, -0.15) is 0 Å². The molecule has 0 unspecified atom stereocenters. The van der Waals surface area contributed by atoms with Crippen LogP contribution in [0.3, 0.4) is 0 Å². The normalized spacial score (nSPS) is 12.4. The number of hydrogen-bond donors (Lipinski definition) is 2. The molecule has 0 heterocycles. The van der Waals surface area contributed by atoms with Gasteiger partial charge in [0.05, 0.1) is 0 Å². The average Bonchev–Trinajstić information content (AvgIpc) is 3.52. The van der Waals surface area contributed by atoms with Gasteiger partial charge in [0.15, 0.2) is 0 Å². The van der Waals surface area contributed by atoms with Crippen LogP contribution in [0.15, 0.2) is 97.1 Å². The van der Waals surface area contributed by atoms with Crippen molar-refractivity contribution in [2.45, 2.75) is 32.1 Å². The molecular weight excluding hydrogens is 516 g/mol. The number of ether oxygens (including phenoxy) is 2. The average molecular weight is 553 g/mol. The molecule has 0 amide bonds. The number of esters is 2. The molecule has 0 saturated carbocycles. The maximum atomic E-state index is 11.1. The van der Waals surface area contributed by atoms with Crippen LogP contribution in [0.2, 0.25) is 0 Å². The Bertz CT molecular complexity index is 1270. The summed E-state index contributed by atoms with van der Waals surface area (Å²) in [6.07, 6.45) is 1.25. The first-order valence-corrected chi connectivity index (χ1v) is 13.9. The van der Waals surface area contributed by atoms with Gasteiger partial charge >= 0.3 is 11.9 Å². The molecule has 41 heavy (non-hydrogen) atoms. The van der Waals surface area contributed by atoms with E-state index in [2.05, 4.69) is 62.4 Å². The van der Waals surface area contributed by atoms with Crippen molar-refractivity contribution in [3.05, 3.63) is 119 Å². The Hall–Kier alpha value is -4.26. The van der Waals surface area contributed by atoms with Crippen LogP contribution in [0, 0.1) is 0 Å². The lowest BCUT2D eigenvalue weighted by Crippen LogP contribution is -2.14. The standard InChI is InChI=1S/2C16H14O3.C3H8/c2*17-9-16(18)19-10-15-13-7-3-1-5-11(13)12-6-2-4-8-14(12)15;1-3-2/h2*1-8,15,17H,9-10H2;3H2,1-2H3. The number of benzene rings is 4. The third kappa shape index (κ3) is 6.73. The van der Waals surface area contributed by atoms with Gasteiger partial charge in [-0.1, -0.05) is 117 Å². The van der Waals surface area contributed by atoms with Crippen molar-refractivity contribution in [2.24, 2.45) is 0 Å². The van der Waals surface area contributed by atoms with E-state index < -0.39 is 25.2 Å². The van der Waals surface area contributed by atoms with E-state index in [4.69, 9.17) is 19.7 Å². The van der Waals surface area contributed by atoms with E-state index in [-0.39, 0.29) is 25.0 Å². The van der Waals surface area contributed by atoms with Crippen molar-refractivity contribution in [3.63, 3.8) is 0 Å². The van der Waals surface area contributed by atoms with Crippen LogP contribution in [0.4, 0.5) is 0 Å². The van der Waals surface area contributed by atoms with E-state index in [0.29, 0.717) is 0 Å². The zero-order valence-electron chi connectivity index (χ0n) is 23.5. The quantitative estimate of drug-likeness (QED) is 0.282. The van der Waals surface area contributed by atoms with Gasteiger partial charge < -0.3 is 19.7 Å². The number of fused-ring (bicyclic) bond motifs is 6. The maximum absolute atomic E-state index is 11.1. The Morgan fingerprint density at radius 1 is 0.537 bits per heavy atom. The van der Waals surface area contributed by atoms with Gasteiger partial charge in [-0.15, -0.1) is 0 Å². The van der Waals surface area contributed by atoms with Crippen LogP contribution in [-0.4, -0.2) is 48.6 Å². The Labute approximate surface area is 241 Å². The minimum Gasteiger partial charge on any atom is -0.463 e. The van der Waals surface area contributed by atoms with E-state index >= 15 is 0 Å². The fourth-order valence-corrected chi connectivity index (χ4v) is 5.32. The number of rotatable bonds is 6. The number of hydrogen-bond acceptors (Lipinski definition) is 6. The molecule has 2 N–H and O–H groups in total. The van der Waals surface area contributed by atoms with Crippen molar-refractivity contribution >= 4 is 11.9 Å². The lowest BCUT2D eigenvalue weighted by Gasteiger charge is -2.13.